The Kier molecular flexibility index (Phi) is 3.16. The van der Waals surface area contributed by atoms with Crippen molar-refractivity contribution >= 4 is 5.82 Å². The van der Waals surface area contributed by atoms with E-state index < -0.39 is 0 Å². The minimum absolute atomic E-state index is 0.403. The van der Waals surface area contributed by atoms with Crippen LogP contribution in [0.3, 0.4) is 0 Å². The molecule has 0 unspecified atom stereocenters. The van der Waals surface area contributed by atoms with Crippen LogP contribution in [0.5, 0.6) is 0 Å². The summed E-state index contributed by atoms with van der Waals surface area (Å²) < 4.78 is 0. The molecule has 1 heterocycles. The van der Waals surface area contributed by atoms with Gasteiger partial charge in [0.1, 0.15) is 12.1 Å². The Hall–Kier alpha value is -1.16. The van der Waals surface area contributed by atoms with Crippen LogP contribution < -0.4 is 10.6 Å². The Morgan fingerprint density at radius 1 is 1.33 bits per heavy atom. The van der Waals surface area contributed by atoms with Gasteiger partial charge in [0.2, 0.25) is 0 Å². The van der Waals surface area contributed by atoms with Gasteiger partial charge in [-0.2, -0.15) is 0 Å². The number of nitrogens with zero attached hydrogens (tertiary/aromatic N) is 3. The third kappa shape index (κ3) is 2.45. The lowest BCUT2D eigenvalue weighted by Gasteiger charge is -2.34. The molecule has 2 rings (SSSR count). The molecule has 15 heavy (non-hydrogen) atoms. The predicted octanol–water partition coefficient (Wildman–Crippen LogP) is 1.18. The predicted molar refractivity (Wildman–Crippen MR) is 60.7 cm³/mol. The molecule has 4 heteroatoms. The highest BCUT2D eigenvalue weighted by Crippen LogP contribution is 2.23. The molecule has 0 atom stereocenters. The molecule has 0 saturated heterocycles. The number of anilines is 1. The highest BCUT2D eigenvalue weighted by atomic mass is 15.2. The Bertz CT molecular complexity index is 293. The number of rotatable bonds is 2. The van der Waals surface area contributed by atoms with E-state index >= 15 is 0 Å². The number of aromatic nitrogens is 2. The summed E-state index contributed by atoms with van der Waals surface area (Å²) in [4.78, 5) is 10.4. The van der Waals surface area contributed by atoms with Crippen molar-refractivity contribution in [2.45, 2.75) is 37.8 Å². The first-order valence-corrected chi connectivity index (χ1v) is 5.52. The van der Waals surface area contributed by atoms with Gasteiger partial charge in [-0.05, 0) is 31.7 Å². The summed E-state index contributed by atoms with van der Waals surface area (Å²) in [5, 5.41) is 0. The fraction of sp³-hybridized carbons (Fsp3) is 0.636. The van der Waals surface area contributed by atoms with Crippen LogP contribution in [0, 0.1) is 0 Å². The zero-order chi connectivity index (χ0) is 10.7. The third-order valence-corrected chi connectivity index (χ3v) is 3.22. The van der Waals surface area contributed by atoms with Crippen molar-refractivity contribution in [3.63, 3.8) is 0 Å². The van der Waals surface area contributed by atoms with Crippen LogP contribution in [0.25, 0.3) is 0 Å². The molecule has 0 amide bonds. The van der Waals surface area contributed by atoms with Crippen molar-refractivity contribution in [1.29, 1.82) is 0 Å². The first-order valence-electron chi connectivity index (χ1n) is 5.52. The van der Waals surface area contributed by atoms with Crippen molar-refractivity contribution in [3.05, 3.63) is 18.6 Å². The van der Waals surface area contributed by atoms with Gasteiger partial charge in [-0.3, -0.25) is 0 Å². The van der Waals surface area contributed by atoms with Gasteiger partial charge in [-0.15, -0.1) is 0 Å². The average Bonchev–Trinajstić information content (AvgIpc) is 2.30. The molecule has 0 aliphatic heterocycles. The fourth-order valence-electron chi connectivity index (χ4n) is 2.17. The SMILES string of the molecule is CN(c1ccncn1)C1CCC(N)CC1. The molecule has 1 aromatic rings. The van der Waals surface area contributed by atoms with Crippen LogP contribution in [0.4, 0.5) is 5.82 Å². The van der Waals surface area contributed by atoms with E-state index in [-0.39, 0.29) is 0 Å². The van der Waals surface area contributed by atoms with Gasteiger partial charge < -0.3 is 10.6 Å². The Morgan fingerprint density at radius 2 is 2.07 bits per heavy atom. The maximum absolute atomic E-state index is 5.89. The highest BCUT2D eigenvalue weighted by molar-refractivity contribution is 5.36. The van der Waals surface area contributed by atoms with E-state index in [1.54, 1.807) is 12.5 Å². The van der Waals surface area contributed by atoms with E-state index in [9.17, 15) is 0 Å². The van der Waals surface area contributed by atoms with Gasteiger partial charge in [0.15, 0.2) is 0 Å². The Labute approximate surface area is 90.5 Å². The molecular formula is C11H18N4. The molecule has 1 fully saturated rings. The second-order valence-electron chi connectivity index (χ2n) is 4.25. The lowest BCUT2D eigenvalue weighted by Crippen LogP contribution is -2.39. The van der Waals surface area contributed by atoms with Crippen molar-refractivity contribution < 1.29 is 0 Å². The van der Waals surface area contributed by atoms with E-state index in [0.29, 0.717) is 12.1 Å². The summed E-state index contributed by atoms with van der Waals surface area (Å²) >= 11 is 0. The number of hydrogen-bond acceptors (Lipinski definition) is 4. The minimum Gasteiger partial charge on any atom is -0.357 e. The molecule has 1 aliphatic rings. The van der Waals surface area contributed by atoms with Gasteiger partial charge >= 0.3 is 0 Å². The lowest BCUT2D eigenvalue weighted by atomic mass is 9.91. The van der Waals surface area contributed by atoms with Gasteiger partial charge in [-0.25, -0.2) is 9.97 Å². The first kappa shape index (κ1) is 10.4. The van der Waals surface area contributed by atoms with E-state index in [2.05, 4.69) is 21.9 Å². The van der Waals surface area contributed by atoms with Crippen LogP contribution in [-0.2, 0) is 0 Å². The standard InChI is InChI=1S/C11H18N4/c1-15(11-6-7-13-8-14-11)10-4-2-9(12)3-5-10/h6-10H,2-5,12H2,1H3. The largest absolute Gasteiger partial charge is 0.357 e. The molecule has 0 spiro atoms. The molecule has 1 saturated carbocycles. The van der Waals surface area contributed by atoms with E-state index in [1.807, 2.05) is 6.07 Å². The zero-order valence-electron chi connectivity index (χ0n) is 9.13. The normalized spacial score (nSPS) is 26.3. The van der Waals surface area contributed by atoms with Gasteiger partial charge in [0, 0.05) is 25.3 Å². The van der Waals surface area contributed by atoms with E-state index in [0.717, 1.165) is 18.7 Å². The quantitative estimate of drug-likeness (QED) is 0.789. The Balaban J connectivity index is 1.99. The van der Waals surface area contributed by atoms with Crippen LogP contribution >= 0.6 is 0 Å². The smallest absolute Gasteiger partial charge is 0.131 e. The van der Waals surface area contributed by atoms with Crippen molar-refractivity contribution in [2.75, 3.05) is 11.9 Å². The van der Waals surface area contributed by atoms with Crippen LogP contribution in [-0.4, -0.2) is 29.1 Å². The molecule has 82 valence electrons. The van der Waals surface area contributed by atoms with Crippen molar-refractivity contribution in [3.8, 4) is 0 Å². The van der Waals surface area contributed by atoms with Gasteiger partial charge in [-0.1, -0.05) is 0 Å². The molecule has 0 radical (unpaired) electrons. The summed E-state index contributed by atoms with van der Waals surface area (Å²) in [6, 6.07) is 2.94. The molecule has 1 aliphatic carbocycles. The zero-order valence-corrected chi connectivity index (χ0v) is 9.13. The van der Waals surface area contributed by atoms with E-state index in [1.165, 1.54) is 12.8 Å². The first-order chi connectivity index (χ1) is 7.27. The van der Waals surface area contributed by atoms with E-state index in [4.69, 9.17) is 5.73 Å². The molecular weight excluding hydrogens is 188 g/mol. The topological polar surface area (TPSA) is 55.0 Å². The molecule has 1 aromatic heterocycles. The van der Waals surface area contributed by atoms with Gasteiger partial charge in [0.25, 0.3) is 0 Å². The second-order valence-corrected chi connectivity index (χ2v) is 4.25. The van der Waals surface area contributed by atoms with Crippen LogP contribution in [0.15, 0.2) is 18.6 Å². The summed E-state index contributed by atoms with van der Waals surface area (Å²) in [5.74, 6) is 1.01. The highest BCUT2D eigenvalue weighted by Gasteiger charge is 2.22. The minimum atomic E-state index is 0.403. The van der Waals surface area contributed by atoms with Gasteiger partial charge in [0.05, 0.1) is 0 Å². The van der Waals surface area contributed by atoms with Crippen molar-refractivity contribution in [1.82, 2.24) is 9.97 Å². The van der Waals surface area contributed by atoms with Crippen LogP contribution in [0.1, 0.15) is 25.7 Å². The summed E-state index contributed by atoms with van der Waals surface area (Å²) in [5.41, 5.74) is 5.89. The molecule has 4 nitrogen and oxygen atoms in total. The monoisotopic (exact) mass is 206 g/mol. The fourth-order valence-corrected chi connectivity index (χ4v) is 2.17. The van der Waals surface area contributed by atoms with Crippen LogP contribution in [0.2, 0.25) is 0 Å². The Morgan fingerprint density at radius 3 is 2.67 bits per heavy atom. The molecule has 2 N–H and O–H groups in total. The lowest BCUT2D eigenvalue weighted by molar-refractivity contribution is 0.383. The molecule has 0 aromatic carbocycles. The summed E-state index contributed by atoms with van der Waals surface area (Å²) in [7, 11) is 2.10. The summed E-state index contributed by atoms with van der Waals surface area (Å²) in [6.07, 6.45) is 7.97. The maximum atomic E-state index is 5.89. The maximum Gasteiger partial charge on any atom is 0.131 e. The average molecular weight is 206 g/mol. The number of nitrogens with two attached hydrogens (primary N) is 1. The summed E-state index contributed by atoms with van der Waals surface area (Å²) in [6.45, 7) is 0. The molecule has 0 bridgehead atoms. The van der Waals surface area contributed by atoms with Crippen molar-refractivity contribution in [2.24, 2.45) is 5.73 Å². The number of hydrogen-bond donors (Lipinski definition) is 1. The third-order valence-electron chi connectivity index (χ3n) is 3.22. The second kappa shape index (κ2) is 4.57.